The molecule has 0 bridgehead atoms. The Labute approximate surface area is 170 Å². The molecule has 0 N–H and O–H groups in total. The predicted octanol–water partition coefficient (Wildman–Crippen LogP) is 4.21. The third-order valence-electron chi connectivity index (χ3n) is 4.48. The van der Waals surface area contributed by atoms with Crippen LogP contribution in [0.5, 0.6) is 11.5 Å². The zero-order valence-electron chi connectivity index (χ0n) is 16.7. The number of ether oxygens (including phenoxy) is 2. The highest BCUT2D eigenvalue weighted by molar-refractivity contribution is 6.07. The average Bonchev–Trinajstić information content (AvgIpc) is 2.75. The number of carbonyl (C=O) groups is 2. The third kappa shape index (κ3) is 5.23. The minimum Gasteiger partial charge on any atom is -0.497 e. The molecule has 0 radical (unpaired) electrons. The largest absolute Gasteiger partial charge is 0.497 e. The lowest BCUT2D eigenvalue weighted by Gasteiger charge is -2.11. The van der Waals surface area contributed by atoms with Gasteiger partial charge in [0.15, 0.2) is 12.4 Å². The Morgan fingerprint density at radius 2 is 1.69 bits per heavy atom. The summed E-state index contributed by atoms with van der Waals surface area (Å²) in [5.41, 5.74) is 1.43. The molecule has 0 aliphatic heterocycles. The van der Waals surface area contributed by atoms with Gasteiger partial charge in [-0.2, -0.15) is 0 Å². The highest BCUT2D eigenvalue weighted by atomic mass is 16.5. The molecule has 148 valence electrons. The van der Waals surface area contributed by atoms with Crippen molar-refractivity contribution in [2.45, 2.75) is 0 Å². The summed E-state index contributed by atoms with van der Waals surface area (Å²) in [6.07, 6.45) is 3.32. The van der Waals surface area contributed by atoms with Crippen LogP contribution in [0.3, 0.4) is 0 Å². The van der Waals surface area contributed by atoms with Gasteiger partial charge in [0.05, 0.1) is 7.11 Å². The van der Waals surface area contributed by atoms with Gasteiger partial charge in [-0.1, -0.05) is 36.4 Å². The second-order valence-corrected chi connectivity index (χ2v) is 6.77. The van der Waals surface area contributed by atoms with Gasteiger partial charge in [0.1, 0.15) is 11.5 Å². The number of fused-ring (bicyclic) bond motifs is 1. The number of allylic oxidation sites excluding steroid dienone is 1. The number of amides is 1. The second kappa shape index (κ2) is 9.06. The molecule has 0 unspecified atom stereocenters. The first-order chi connectivity index (χ1) is 14.0. The number of benzene rings is 3. The Kier molecular flexibility index (Phi) is 6.29. The van der Waals surface area contributed by atoms with Crippen LogP contribution in [0.4, 0.5) is 0 Å². The highest BCUT2D eigenvalue weighted by Gasteiger charge is 2.07. The Bertz CT molecular complexity index is 1070. The zero-order valence-corrected chi connectivity index (χ0v) is 16.7. The van der Waals surface area contributed by atoms with Crippen LogP contribution < -0.4 is 9.47 Å². The molecule has 1 amide bonds. The van der Waals surface area contributed by atoms with Crippen molar-refractivity contribution in [3.05, 3.63) is 77.9 Å². The summed E-state index contributed by atoms with van der Waals surface area (Å²) in [5, 5.41) is 2.14. The Morgan fingerprint density at radius 1 is 0.931 bits per heavy atom. The molecular formula is C24H23NO4. The SMILES string of the molecule is COc1ccc2cc(C=CC(=O)c3cccc(OCC(=O)N(C)C)c3)ccc2c1. The lowest BCUT2D eigenvalue weighted by Crippen LogP contribution is -2.27. The fraction of sp³-hybridized carbons (Fsp3) is 0.167. The number of likely N-dealkylation sites (N-methyl/N-ethyl adjacent to an activating group) is 1. The number of methoxy groups -OCH3 is 1. The zero-order chi connectivity index (χ0) is 20.8. The van der Waals surface area contributed by atoms with E-state index in [0.29, 0.717) is 11.3 Å². The van der Waals surface area contributed by atoms with Gasteiger partial charge in [-0.25, -0.2) is 0 Å². The summed E-state index contributed by atoms with van der Waals surface area (Å²) in [6, 6.07) is 18.7. The number of nitrogens with zero attached hydrogens (tertiary/aromatic N) is 1. The summed E-state index contributed by atoms with van der Waals surface area (Å²) in [6.45, 7) is -0.0671. The summed E-state index contributed by atoms with van der Waals surface area (Å²) >= 11 is 0. The summed E-state index contributed by atoms with van der Waals surface area (Å²) in [5.74, 6) is 1.02. The van der Waals surface area contributed by atoms with Gasteiger partial charge in [0, 0.05) is 19.7 Å². The van der Waals surface area contributed by atoms with E-state index in [1.165, 1.54) is 11.0 Å². The van der Waals surface area contributed by atoms with Crippen LogP contribution in [0.2, 0.25) is 0 Å². The van der Waals surface area contributed by atoms with E-state index in [9.17, 15) is 9.59 Å². The van der Waals surface area contributed by atoms with Crippen molar-refractivity contribution in [3.63, 3.8) is 0 Å². The number of rotatable bonds is 7. The molecule has 5 nitrogen and oxygen atoms in total. The van der Waals surface area contributed by atoms with Crippen molar-refractivity contribution >= 4 is 28.5 Å². The van der Waals surface area contributed by atoms with Crippen molar-refractivity contribution < 1.29 is 19.1 Å². The molecule has 0 saturated heterocycles. The van der Waals surface area contributed by atoms with Crippen LogP contribution in [-0.4, -0.2) is 44.4 Å². The first-order valence-corrected chi connectivity index (χ1v) is 9.19. The maximum absolute atomic E-state index is 12.5. The fourth-order valence-electron chi connectivity index (χ4n) is 2.75. The summed E-state index contributed by atoms with van der Waals surface area (Å²) < 4.78 is 10.7. The normalized spacial score (nSPS) is 10.9. The first kappa shape index (κ1) is 20.1. The van der Waals surface area contributed by atoms with E-state index in [2.05, 4.69) is 0 Å². The predicted molar refractivity (Wildman–Crippen MR) is 114 cm³/mol. The van der Waals surface area contributed by atoms with Crippen LogP contribution in [0.15, 0.2) is 66.7 Å². The lowest BCUT2D eigenvalue weighted by molar-refractivity contribution is -0.130. The van der Waals surface area contributed by atoms with E-state index in [1.807, 2.05) is 36.4 Å². The monoisotopic (exact) mass is 389 g/mol. The molecule has 0 atom stereocenters. The lowest BCUT2D eigenvalue weighted by atomic mass is 10.0. The molecule has 0 saturated carbocycles. The van der Waals surface area contributed by atoms with Crippen LogP contribution in [0, 0.1) is 0 Å². The molecule has 0 spiro atoms. The minimum atomic E-state index is -0.143. The summed E-state index contributed by atoms with van der Waals surface area (Å²) in [4.78, 5) is 25.6. The number of ketones is 1. The molecule has 29 heavy (non-hydrogen) atoms. The van der Waals surface area contributed by atoms with Crippen molar-refractivity contribution in [1.29, 1.82) is 0 Å². The van der Waals surface area contributed by atoms with Gasteiger partial charge in [-0.15, -0.1) is 0 Å². The van der Waals surface area contributed by atoms with Crippen molar-refractivity contribution in [2.24, 2.45) is 0 Å². The molecule has 0 fully saturated rings. The number of hydrogen-bond donors (Lipinski definition) is 0. The molecular weight excluding hydrogens is 366 g/mol. The molecule has 0 aromatic heterocycles. The smallest absolute Gasteiger partial charge is 0.259 e. The molecule has 3 aromatic rings. The molecule has 5 heteroatoms. The maximum atomic E-state index is 12.5. The van der Waals surface area contributed by atoms with E-state index in [0.717, 1.165) is 22.1 Å². The Hall–Kier alpha value is -3.60. The van der Waals surface area contributed by atoms with Crippen LogP contribution in [0.1, 0.15) is 15.9 Å². The quantitative estimate of drug-likeness (QED) is 0.449. The average molecular weight is 389 g/mol. The van der Waals surface area contributed by atoms with Gasteiger partial charge in [0.25, 0.3) is 5.91 Å². The van der Waals surface area contributed by atoms with Crippen molar-refractivity contribution in [2.75, 3.05) is 27.8 Å². The van der Waals surface area contributed by atoms with Gasteiger partial charge < -0.3 is 14.4 Å². The van der Waals surface area contributed by atoms with E-state index in [4.69, 9.17) is 9.47 Å². The minimum absolute atomic E-state index is 0.0671. The van der Waals surface area contributed by atoms with E-state index < -0.39 is 0 Å². The number of hydrogen-bond acceptors (Lipinski definition) is 4. The van der Waals surface area contributed by atoms with Gasteiger partial charge in [-0.05, 0) is 52.7 Å². The second-order valence-electron chi connectivity index (χ2n) is 6.77. The van der Waals surface area contributed by atoms with E-state index >= 15 is 0 Å². The van der Waals surface area contributed by atoms with Crippen LogP contribution in [0.25, 0.3) is 16.8 Å². The highest BCUT2D eigenvalue weighted by Crippen LogP contribution is 2.22. The van der Waals surface area contributed by atoms with Gasteiger partial charge >= 0.3 is 0 Å². The van der Waals surface area contributed by atoms with E-state index in [1.54, 1.807) is 51.5 Å². The molecule has 3 aromatic carbocycles. The molecule has 0 aliphatic rings. The Morgan fingerprint density at radius 3 is 2.45 bits per heavy atom. The Balaban J connectivity index is 1.71. The first-order valence-electron chi connectivity index (χ1n) is 9.19. The molecule has 0 aliphatic carbocycles. The van der Waals surface area contributed by atoms with Gasteiger partial charge in [0.2, 0.25) is 0 Å². The van der Waals surface area contributed by atoms with E-state index in [-0.39, 0.29) is 18.3 Å². The topological polar surface area (TPSA) is 55.8 Å². The van der Waals surface area contributed by atoms with Crippen molar-refractivity contribution in [1.82, 2.24) is 4.90 Å². The molecule has 3 rings (SSSR count). The molecule has 0 heterocycles. The number of carbonyl (C=O) groups excluding carboxylic acids is 2. The summed E-state index contributed by atoms with van der Waals surface area (Å²) in [7, 11) is 4.98. The third-order valence-corrected chi connectivity index (χ3v) is 4.48. The van der Waals surface area contributed by atoms with Crippen LogP contribution >= 0.6 is 0 Å². The maximum Gasteiger partial charge on any atom is 0.259 e. The standard InChI is InChI=1S/C24H23NO4/c1-25(2)24(27)16-29-22-6-4-5-20(15-22)23(26)12-8-17-7-9-19-14-21(28-3)11-10-18(19)13-17/h4-15H,16H2,1-3H3. The van der Waals surface area contributed by atoms with Gasteiger partial charge in [-0.3, -0.25) is 9.59 Å². The van der Waals surface area contributed by atoms with Crippen molar-refractivity contribution in [3.8, 4) is 11.5 Å². The fourth-order valence-corrected chi connectivity index (χ4v) is 2.75. The van der Waals surface area contributed by atoms with Crippen LogP contribution in [-0.2, 0) is 4.79 Å².